The smallest absolute Gasteiger partial charge is 0.336 e. The number of likely N-dealkylation sites (tertiary alicyclic amines) is 1. The van der Waals surface area contributed by atoms with Crippen molar-refractivity contribution < 1.29 is 37.7 Å². The van der Waals surface area contributed by atoms with Crippen molar-refractivity contribution >= 4 is 23.7 Å². The molecule has 2 saturated heterocycles. The number of hydrogen-bond donors (Lipinski definition) is 1. The average molecular weight is 726 g/mol. The fourth-order valence-electron chi connectivity index (χ4n) is 7.43. The fraction of sp³-hybridized carbons (Fsp3) is 0.622. The molecule has 1 spiro atoms. The number of aromatic nitrogens is 3. The van der Waals surface area contributed by atoms with Crippen LogP contribution in [0.4, 0.5) is 10.2 Å². The average Bonchev–Trinajstić information content (AvgIpc) is 3.53. The highest BCUT2D eigenvalue weighted by atomic mass is 19.1. The van der Waals surface area contributed by atoms with Crippen LogP contribution in [0, 0.1) is 17.2 Å². The molecule has 15 heteroatoms. The summed E-state index contributed by atoms with van der Waals surface area (Å²) in [6.45, 7) is 17.5. The predicted molar refractivity (Wildman–Crippen MR) is 191 cm³/mol. The van der Waals surface area contributed by atoms with Crippen molar-refractivity contribution in [3.05, 3.63) is 35.9 Å². The van der Waals surface area contributed by atoms with Crippen molar-refractivity contribution in [1.82, 2.24) is 30.3 Å². The molecule has 3 aliphatic heterocycles. The predicted octanol–water partition coefficient (Wildman–Crippen LogP) is 4.39. The molecule has 1 amide bonds. The van der Waals surface area contributed by atoms with Crippen molar-refractivity contribution in [2.75, 3.05) is 57.9 Å². The minimum atomic E-state index is -1.08. The molecular formula is C37H52FN7O7. The van der Waals surface area contributed by atoms with E-state index < -0.39 is 35.2 Å². The molecular weight excluding hydrogens is 673 g/mol. The molecule has 1 aromatic heterocycles. The van der Waals surface area contributed by atoms with Gasteiger partial charge in [-0.2, -0.15) is 0 Å². The van der Waals surface area contributed by atoms with Gasteiger partial charge in [0.2, 0.25) is 11.5 Å². The molecule has 1 aromatic carbocycles. The number of nitrogens with zero attached hydrogens (tertiary/aromatic N) is 6. The first-order valence-electron chi connectivity index (χ1n) is 18.2. The van der Waals surface area contributed by atoms with Gasteiger partial charge < -0.3 is 34.1 Å². The number of esters is 2. The van der Waals surface area contributed by atoms with E-state index in [4.69, 9.17) is 18.9 Å². The van der Waals surface area contributed by atoms with E-state index in [0.29, 0.717) is 43.5 Å². The zero-order valence-corrected chi connectivity index (χ0v) is 31.3. The van der Waals surface area contributed by atoms with Crippen LogP contribution in [0.5, 0.6) is 23.1 Å². The zero-order valence-electron chi connectivity index (χ0n) is 31.3. The van der Waals surface area contributed by atoms with Crippen LogP contribution >= 0.6 is 0 Å². The fourth-order valence-corrected chi connectivity index (χ4v) is 7.43. The number of rotatable bonds is 16. The third-order valence-electron chi connectivity index (χ3n) is 10.1. The topological polar surface area (TPSA) is 149 Å². The molecule has 284 valence electrons. The second kappa shape index (κ2) is 17.1. The van der Waals surface area contributed by atoms with Crippen LogP contribution in [0.1, 0.15) is 77.6 Å². The molecule has 0 saturated carbocycles. The largest absolute Gasteiger partial charge is 0.430 e. The molecule has 4 heterocycles. The minimum Gasteiger partial charge on any atom is -0.430 e. The van der Waals surface area contributed by atoms with Gasteiger partial charge >= 0.3 is 11.9 Å². The number of carbonyl (C=O) groups is 3. The summed E-state index contributed by atoms with van der Waals surface area (Å²) in [6, 6.07) is 1.56. The van der Waals surface area contributed by atoms with Gasteiger partial charge in [0.05, 0.1) is 5.56 Å². The Morgan fingerprint density at radius 1 is 1.08 bits per heavy atom. The molecule has 0 unspecified atom stereocenters. The second-order valence-corrected chi connectivity index (χ2v) is 14.6. The Morgan fingerprint density at radius 3 is 2.44 bits per heavy atom. The van der Waals surface area contributed by atoms with Crippen LogP contribution < -0.4 is 24.4 Å². The molecule has 3 aliphatic rings. The van der Waals surface area contributed by atoms with Crippen LogP contribution in [0.25, 0.3) is 0 Å². The van der Waals surface area contributed by atoms with Gasteiger partial charge in [0.1, 0.15) is 6.33 Å². The van der Waals surface area contributed by atoms with Crippen LogP contribution in [0.2, 0.25) is 0 Å². The van der Waals surface area contributed by atoms with E-state index in [1.54, 1.807) is 14.0 Å². The number of amides is 1. The Bertz CT molecular complexity index is 1630. The molecule has 52 heavy (non-hydrogen) atoms. The molecule has 0 aliphatic carbocycles. The van der Waals surface area contributed by atoms with Crippen molar-refractivity contribution in [3.63, 3.8) is 0 Å². The van der Waals surface area contributed by atoms with Crippen molar-refractivity contribution in [2.24, 2.45) is 11.3 Å². The normalized spacial score (nSPS) is 18.7. The summed E-state index contributed by atoms with van der Waals surface area (Å²) < 4.78 is 37.6. The van der Waals surface area contributed by atoms with Crippen molar-refractivity contribution in [3.8, 4) is 23.1 Å². The summed E-state index contributed by atoms with van der Waals surface area (Å²) in [5, 5.41) is 11.8. The van der Waals surface area contributed by atoms with Crippen LogP contribution in [0.3, 0.4) is 0 Å². The lowest BCUT2D eigenvalue weighted by Gasteiger charge is -2.53. The standard InChI is InChI=1S/C37H52FN7O7/c1-8-45(24(4)5)36(48)26-18-27(38)32-33(51-30(47)13-12-29(46)50-32)31(26)52-35-34(40-22-41-42-35)43-16-14-37(19-43)20-44(21-37)28(23(2)3)11-10-25(6)39-15-9-17-49-7/h12-13,18,22-25,28,39H,8-11,14-17,19-21H2,1-7H3/b13-12+/t25-,28-/m1/s1. The number of methoxy groups -OCH3 is 1. The Balaban J connectivity index is 1.37. The van der Waals surface area contributed by atoms with E-state index in [1.807, 2.05) is 13.8 Å². The van der Waals surface area contributed by atoms with E-state index in [1.165, 1.54) is 11.2 Å². The highest BCUT2D eigenvalue weighted by molar-refractivity contribution is 6.01. The van der Waals surface area contributed by atoms with Gasteiger partial charge in [-0.3, -0.25) is 9.69 Å². The second-order valence-electron chi connectivity index (χ2n) is 14.6. The van der Waals surface area contributed by atoms with Gasteiger partial charge in [0, 0.05) is 82.1 Å². The molecule has 2 atom stereocenters. The monoisotopic (exact) mass is 725 g/mol. The maximum Gasteiger partial charge on any atom is 0.336 e. The van der Waals surface area contributed by atoms with Gasteiger partial charge in [0.15, 0.2) is 17.4 Å². The lowest BCUT2D eigenvalue weighted by atomic mass is 9.76. The molecule has 2 aromatic rings. The summed E-state index contributed by atoms with van der Waals surface area (Å²) in [7, 11) is 1.73. The van der Waals surface area contributed by atoms with E-state index in [-0.39, 0.29) is 28.6 Å². The first-order chi connectivity index (χ1) is 24.9. The highest BCUT2D eigenvalue weighted by Crippen LogP contribution is 2.48. The highest BCUT2D eigenvalue weighted by Gasteiger charge is 2.50. The lowest BCUT2D eigenvalue weighted by molar-refractivity contribution is -0.133. The molecule has 1 N–H and O–H groups in total. The quantitative estimate of drug-likeness (QED) is 0.148. The molecule has 5 rings (SSSR count). The molecule has 0 radical (unpaired) electrons. The number of halogens is 1. The van der Waals surface area contributed by atoms with Gasteiger partial charge in [-0.05, 0) is 71.9 Å². The third-order valence-corrected chi connectivity index (χ3v) is 10.1. The number of benzene rings is 1. The molecule has 2 fully saturated rings. The minimum absolute atomic E-state index is 0.0562. The van der Waals surface area contributed by atoms with Crippen LogP contribution in [-0.2, 0) is 14.3 Å². The van der Waals surface area contributed by atoms with Gasteiger partial charge in [-0.1, -0.05) is 13.8 Å². The van der Waals surface area contributed by atoms with Crippen molar-refractivity contribution in [1.29, 1.82) is 0 Å². The number of fused-ring (bicyclic) bond motifs is 1. The Morgan fingerprint density at radius 2 is 1.79 bits per heavy atom. The van der Waals surface area contributed by atoms with E-state index >= 15 is 4.39 Å². The summed E-state index contributed by atoms with van der Waals surface area (Å²) in [4.78, 5) is 49.5. The molecule has 0 bridgehead atoms. The van der Waals surface area contributed by atoms with Gasteiger partial charge in [-0.25, -0.2) is 19.0 Å². The van der Waals surface area contributed by atoms with E-state index in [2.05, 4.69) is 51.1 Å². The lowest BCUT2D eigenvalue weighted by Crippen LogP contribution is -2.62. The Hall–Kier alpha value is -4.21. The van der Waals surface area contributed by atoms with Gasteiger partial charge in [-0.15, -0.1) is 10.2 Å². The number of hydrogen-bond acceptors (Lipinski definition) is 13. The maximum atomic E-state index is 15.6. The zero-order chi connectivity index (χ0) is 37.6. The number of nitrogens with one attached hydrogen (secondary N) is 1. The van der Waals surface area contributed by atoms with Crippen LogP contribution in [0.15, 0.2) is 24.5 Å². The summed E-state index contributed by atoms with van der Waals surface area (Å²) in [5.41, 5.74) is -0.190. The first kappa shape index (κ1) is 39.0. The first-order valence-corrected chi connectivity index (χ1v) is 18.2. The summed E-state index contributed by atoms with van der Waals surface area (Å²) >= 11 is 0. The van der Waals surface area contributed by atoms with Crippen LogP contribution in [-0.4, -0.2) is 114 Å². The number of ether oxygens (including phenoxy) is 4. The summed E-state index contributed by atoms with van der Waals surface area (Å²) in [5.74, 6) is -4.42. The SMILES string of the molecule is CCN(C(=O)c1cc(F)c2c(c1Oc1nncnc1N1CCC3(C1)CN([C@H](CC[C@@H](C)NCCCOC)C(C)C)C3)OC(=O)/C=C/C(=O)O2)C(C)C. The third kappa shape index (κ3) is 8.87. The van der Waals surface area contributed by atoms with Crippen molar-refractivity contribution in [2.45, 2.75) is 85.4 Å². The number of carbonyl (C=O) groups excluding carboxylic acids is 3. The Kier molecular flexibility index (Phi) is 12.8. The number of anilines is 1. The maximum absolute atomic E-state index is 15.6. The Labute approximate surface area is 305 Å². The summed E-state index contributed by atoms with van der Waals surface area (Å²) in [6.07, 6.45) is 7.11. The van der Waals surface area contributed by atoms with Gasteiger partial charge in [0.25, 0.3) is 11.8 Å². The van der Waals surface area contributed by atoms with E-state index in [9.17, 15) is 14.4 Å². The molecule has 14 nitrogen and oxygen atoms in total. The van der Waals surface area contributed by atoms with E-state index in [0.717, 1.165) is 70.1 Å².